The summed E-state index contributed by atoms with van der Waals surface area (Å²) in [4.78, 5) is 19.6. The number of hydrogen-bond acceptors (Lipinski definition) is 6. The van der Waals surface area contributed by atoms with Crippen LogP contribution in [0.4, 0.5) is 5.69 Å². The number of nitrogen functional groups attached to an aromatic ring is 1. The SMILES string of the molecule is Nc1ccc(Oc2ncnc3nc[nH]c23)c2ncccc12. The van der Waals surface area contributed by atoms with E-state index in [1.165, 1.54) is 6.33 Å². The Kier molecular flexibility index (Phi) is 2.43. The second-order valence-corrected chi connectivity index (χ2v) is 4.43. The van der Waals surface area contributed by atoms with Gasteiger partial charge in [-0.3, -0.25) is 4.98 Å². The fourth-order valence-electron chi connectivity index (χ4n) is 2.18. The molecule has 1 aromatic carbocycles. The van der Waals surface area contributed by atoms with Crippen LogP contribution in [0, 0.1) is 0 Å². The van der Waals surface area contributed by atoms with Crippen LogP contribution in [0.5, 0.6) is 11.6 Å². The summed E-state index contributed by atoms with van der Waals surface area (Å²) >= 11 is 0. The highest BCUT2D eigenvalue weighted by Gasteiger charge is 2.11. The molecule has 3 N–H and O–H groups in total. The number of benzene rings is 1. The van der Waals surface area contributed by atoms with Crippen molar-refractivity contribution in [3.63, 3.8) is 0 Å². The van der Waals surface area contributed by atoms with E-state index in [4.69, 9.17) is 10.5 Å². The highest BCUT2D eigenvalue weighted by molar-refractivity contribution is 5.94. The third-order valence-corrected chi connectivity index (χ3v) is 3.16. The third kappa shape index (κ3) is 1.83. The van der Waals surface area contributed by atoms with Crippen molar-refractivity contribution in [2.24, 2.45) is 0 Å². The van der Waals surface area contributed by atoms with Gasteiger partial charge in [0.05, 0.1) is 6.33 Å². The van der Waals surface area contributed by atoms with Crippen molar-refractivity contribution in [3.8, 4) is 11.6 Å². The summed E-state index contributed by atoms with van der Waals surface area (Å²) in [6, 6.07) is 7.29. The van der Waals surface area contributed by atoms with Gasteiger partial charge in [0.1, 0.15) is 17.4 Å². The van der Waals surface area contributed by atoms with E-state index in [1.807, 2.05) is 12.1 Å². The summed E-state index contributed by atoms with van der Waals surface area (Å²) in [6.45, 7) is 0. The van der Waals surface area contributed by atoms with Crippen LogP contribution >= 0.6 is 0 Å². The number of aromatic nitrogens is 5. The summed E-state index contributed by atoms with van der Waals surface area (Å²) in [7, 11) is 0. The van der Waals surface area contributed by atoms with Gasteiger partial charge in [0.2, 0.25) is 5.88 Å². The first-order valence-corrected chi connectivity index (χ1v) is 6.28. The zero-order valence-corrected chi connectivity index (χ0v) is 10.8. The Morgan fingerprint density at radius 3 is 2.95 bits per heavy atom. The van der Waals surface area contributed by atoms with Crippen LogP contribution < -0.4 is 10.5 Å². The predicted octanol–water partition coefficient (Wildman–Crippen LogP) is 2.28. The minimum Gasteiger partial charge on any atom is -0.435 e. The van der Waals surface area contributed by atoms with E-state index in [1.54, 1.807) is 24.7 Å². The number of ether oxygens (including phenoxy) is 1. The van der Waals surface area contributed by atoms with Crippen LogP contribution in [0.15, 0.2) is 43.1 Å². The maximum Gasteiger partial charge on any atom is 0.248 e. The minimum atomic E-state index is 0.397. The van der Waals surface area contributed by atoms with Crippen LogP contribution in [0.3, 0.4) is 0 Å². The van der Waals surface area contributed by atoms with Crippen molar-refractivity contribution >= 4 is 27.8 Å². The van der Waals surface area contributed by atoms with Crippen LogP contribution in [0.2, 0.25) is 0 Å². The van der Waals surface area contributed by atoms with E-state index >= 15 is 0 Å². The molecule has 0 radical (unpaired) electrons. The van der Waals surface area contributed by atoms with Gasteiger partial charge in [0.25, 0.3) is 0 Å². The summed E-state index contributed by atoms with van der Waals surface area (Å²) in [5.41, 5.74) is 8.48. The van der Waals surface area contributed by atoms with E-state index in [2.05, 4.69) is 24.9 Å². The smallest absolute Gasteiger partial charge is 0.248 e. The van der Waals surface area contributed by atoms with Crippen molar-refractivity contribution in [1.29, 1.82) is 0 Å². The van der Waals surface area contributed by atoms with E-state index in [0.29, 0.717) is 34.0 Å². The molecule has 4 aromatic rings. The first-order chi connectivity index (χ1) is 10.3. The lowest BCUT2D eigenvalue weighted by atomic mass is 10.2. The molecule has 0 saturated heterocycles. The van der Waals surface area contributed by atoms with Gasteiger partial charge in [-0.2, -0.15) is 4.98 Å². The average Bonchev–Trinajstić information content (AvgIpc) is 3.00. The Morgan fingerprint density at radius 2 is 2.00 bits per heavy atom. The number of H-pyrrole nitrogens is 1. The molecular formula is C14H10N6O. The van der Waals surface area contributed by atoms with Crippen LogP contribution in [0.25, 0.3) is 22.1 Å². The van der Waals surface area contributed by atoms with Gasteiger partial charge in [-0.1, -0.05) is 0 Å². The van der Waals surface area contributed by atoms with E-state index in [9.17, 15) is 0 Å². The zero-order valence-electron chi connectivity index (χ0n) is 10.8. The Hall–Kier alpha value is -3.22. The molecule has 4 rings (SSSR count). The normalized spacial score (nSPS) is 11.0. The van der Waals surface area contributed by atoms with Gasteiger partial charge in [0, 0.05) is 17.3 Å². The molecule has 7 nitrogen and oxygen atoms in total. The second-order valence-electron chi connectivity index (χ2n) is 4.43. The molecule has 0 unspecified atom stereocenters. The fraction of sp³-hybridized carbons (Fsp3) is 0. The Balaban J connectivity index is 1.88. The molecule has 0 amide bonds. The first kappa shape index (κ1) is 11.6. The van der Waals surface area contributed by atoms with Gasteiger partial charge in [-0.15, -0.1) is 0 Å². The Bertz CT molecular complexity index is 948. The number of hydrogen-bond donors (Lipinski definition) is 2. The number of nitrogens with zero attached hydrogens (tertiary/aromatic N) is 4. The van der Waals surface area contributed by atoms with E-state index < -0.39 is 0 Å². The lowest BCUT2D eigenvalue weighted by Crippen LogP contribution is -1.95. The molecule has 0 bridgehead atoms. The van der Waals surface area contributed by atoms with E-state index in [0.717, 1.165) is 5.39 Å². The standard InChI is InChI=1S/C14H10N6O/c15-9-3-4-10(11-8(9)2-1-5-16-11)21-14-12-13(18-6-17-12)19-7-20-14/h1-7H,15H2,(H,17,18,19,20). The molecule has 0 atom stereocenters. The number of pyridine rings is 1. The number of aromatic amines is 1. The number of rotatable bonds is 2. The first-order valence-electron chi connectivity index (χ1n) is 6.28. The van der Waals surface area contributed by atoms with Crippen molar-refractivity contribution in [1.82, 2.24) is 24.9 Å². The highest BCUT2D eigenvalue weighted by Crippen LogP contribution is 2.32. The third-order valence-electron chi connectivity index (χ3n) is 3.16. The van der Waals surface area contributed by atoms with Crippen molar-refractivity contribution in [3.05, 3.63) is 43.1 Å². The number of nitrogens with two attached hydrogens (primary N) is 1. The average molecular weight is 278 g/mol. The van der Waals surface area contributed by atoms with Crippen LogP contribution in [-0.4, -0.2) is 24.9 Å². The molecule has 0 aliphatic carbocycles. The Labute approximate surface area is 118 Å². The molecular weight excluding hydrogens is 268 g/mol. The highest BCUT2D eigenvalue weighted by atomic mass is 16.5. The number of imidazole rings is 1. The molecule has 0 aliphatic heterocycles. The minimum absolute atomic E-state index is 0.397. The largest absolute Gasteiger partial charge is 0.435 e. The van der Waals surface area contributed by atoms with Gasteiger partial charge < -0.3 is 15.5 Å². The monoisotopic (exact) mass is 278 g/mol. The molecule has 0 saturated carbocycles. The summed E-state index contributed by atoms with van der Waals surface area (Å²) in [5.74, 6) is 0.976. The molecule has 102 valence electrons. The number of fused-ring (bicyclic) bond motifs is 2. The predicted molar refractivity (Wildman–Crippen MR) is 77.9 cm³/mol. The topological polar surface area (TPSA) is 103 Å². The molecule has 3 aromatic heterocycles. The quantitative estimate of drug-likeness (QED) is 0.545. The molecule has 7 heteroatoms. The molecule has 0 aliphatic rings. The maximum atomic E-state index is 5.96. The number of nitrogens with one attached hydrogen (secondary N) is 1. The summed E-state index contributed by atoms with van der Waals surface area (Å²) in [6.07, 6.45) is 4.65. The Morgan fingerprint density at radius 1 is 1.05 bits per heavy atom. The molecule has 21 heavy (non-hydrogen) atoms. The van der Waals surface area contributed by atoms with E-state index in [-0.39, 0.29) is 0 Å². The van der Waals surface area contributed by atoms with Gasteiger partial charge >= 0.3 is 0 Å². The summed E-state index contributed by atoms with van der Waals surface area (Å²) in [5, 5.41) is 0.838. The van der Waals surface area contributed by atoms with Crippen molar-refractivity contribution in [2.75, 3.05) is 5.73 Å². The summed E-state index contributed by atoms with van der Waals surface area (Å²) < 4.78 is 5.88. The van der Waals surface area contributed by atoms with Gasteiger partial charge in [-0.25, -0.2) is 9.97 Å². The molecule has 3 heterocycles. The van der Waals surface area contributed by atoms with Crippen molar-refractivity contribution < 1.29 is 4.74 Å². The van der Waals surface area contributed by atoms with Gasteiger partial charge in [0.15, 0.2) is 11.4 Å². The number of anilines is 1. The van der Waals surface area contributed by atoms with Gasteiger partial charge in [-0.05, 0) is 24.3 Å². The van der Waals surface area contributed by atoms with Crippen LogP contribution in [0.1, 0.15) is 0 Å². The fourth-order valence-corrected chi connectivity index (χ4v) is 2.18. The maximum absolute atomic E-state index is 5.96. The zero-order chi connectivity index (χ0) is 14.2. The lowest BCUT2D eigenvalue weighted by Gasteiger charge is -2.09. The van der Waals surface area contributed by atoms with Crippen LogP contribution in [-0.2, 0) is 0 Å². The molecule has 0 fully saturated rings. The molecule has 0 spiro atoms. The lowest BCUT2D eigenvalue weighted by molar-refractivity contribution is 0.471. The van der Waals surface area contributed by atoms with Crippen molar-refractivity contribution in [2.45, 2.75) is 0 Å². The second kappa shape index (κ2) is 4.41.